The summed E-state index contributed by atoms with van der Waals surface area (Å²) in [6.07, 6.45) is 3.80. The minimum atomic E-state index is -0.626. The Labute approximate surface area is 120 Å². The number of rotatable bonds is 3. The first-order chi connectivity index (χ1) is 10.1. The van der Waals surface area contributed by atoms with Crippen LogP contribution >= 0.6 is 0 Å². The van der Waals surface area contributed by atoms with Gasteiger partial charge in [-0.15, -0.1) is 0 Å². The molecule has 2 heterocycles. The van der Waals surface area contributed by atoms with Crippen LogP contribution in [0.1, 0.15) is 15.9 Å². The Bertz CT molecular complexity index is 861. The van der Waals surface area contributed by atoms with E-state index < -0.39 is 11.5 Å². The number of nitrogens with zero attached hydrogens (tertiary/aromatic N) is 1. The number of carbonyl (C=O) groups excluding carboxylic acids is 1. The molecule has 0 atom stereocenters. The number of aromatic nitrogens is 1. The van der Waals surface area contributed by atoms with Crippen LogP contribution in [0.15, 0.2) is 58.0 Å². The van der Waals surface area contributed by atoms with Crippen LogP contribution in [-0.4, -0.2) is 10.5 Å². The number of fused-ring (bicyclic) bond motifs is 1. The minimum Gasteiger partial charge on any atom is -0.422 e. The van der Waals surface area contributed by atoms with Crippen molar-refractivity contribution < 1.29 is 9.21 Å². The monoisotopic (exact) mass is 282 g/mol. The molecule has 0 spiro atoms. The maximum atomic E-state index is 12.1. The van der Waals surface area contributed by atoms with E-state index in [1.165, 1.54) is 0 Å². The van der Waals surface area contributed by atoms with Crippen LogP contribution in [0.4, 0.5) is 0 Å². The third-order valence-corrected chi connectivity index (χ3v) is 3.23. The summed E-state index contributed by atoms with van der Waals surface area (Å²) in [6, 6.07) is 10.6. The Balaban J connectivity index is 1.84. The molecule has 0 fully saturated rings. The molecule has 0 radical (unpaired) electrons. The molecule has 0 saturated carbocycles. The number of hydrogen-bond donors (Lipinski definition) is 1. The molecule has 0 aliphatic heterocycles. The van der Waals surface area contributed by atoms with E-state index in [9.17, 15) is 9.59 Å². The summed E-state index contributed by atoms with van der Waals surface area (Å²) in [7, 11) is 1.91. The van der Waals surface area contributed by atoms with E-state index in [4.69, 9.17) is 4.42 Å². The van der Waals surface area contributed by atoms with Gasteiger partial charge in [-0.25, -0.2) is 4.79 Å². The van der Waals surface area contributed by atoms with Gasteiger partial charge < -0.3 is 14.3 Å². The summed E-state index contributed by atoms with van der Waals surface area (Å²) in [4.78, 5) is 24.0. The quantitative estimate of drug-likeness (QED) is 0.748. The zero-order valence-electron chi connectivity index (χ0n) is 11.5. The maximum absolute atomic E-state index is 12.1. The number of aryl methyl sites for hydroxylation is 1. The van der Waals surface area contributed by atoms with Gasteiger partial charge in [-0.05, 0) is 23.8 Å². The molecule has 0 bridgehead atoms. The Morgan fingerprint density at radius 3 is 2.86 bits per heavy atom. The molecule has 3 rings (SSSR count). The Morgan fingerprint density at radius 1 is 1.29 bits per heavy atom. The van der Waals surface area contributed by atoms with Crippen molar-refractivity contribution in [3.8, 4) is 0 Å². The lowest BCUT2D eigenvalue weighted by Crippen LogP contribution is -2.27. The van der Waals surface area contributed by atoms with Gasteiger partial charge in [-0.3, -0.25) is 4.79 Å². The number of nitrogens with one attached hydrogen (secondary N) is 1. The molecule has 3 aromatic rings. The van der Waals surface area contributed by atoms with E-state index in [0.29, 0.717) is 12.1 Å². The molecule has 106 valence electrons. The third kappa shape index (κ3) is 2.72. The fourth-order valence-corrected chi connectivity index (χ4v) is 2.16. The summed E-state index contributed by atoms with van der Waals surface area (Å²) < 4.78 is 7.04. The molecule has 5 nitrogen and oxygen atoms in total. The van der Waals surface area contributed by atoms with Gasteiger partial charge in [0.05, 0.1) is 0 Å². The van der Waals surface area contributed by atoms with Gasteiger partial charge in [0.15, 0.2) is 0 Å². The molecule has 0 saturated heterocycles. The number of hydrogen-bond acceptors (Lipinski definition) is 3. The molecular weight excluding hydrogens is 268 g/mol. The van der Waals surface area contributed by atoms with E-state index >= 15 is 0 Å². The molecule has 5 heteroatoms. The number of carbonyl (C=O) groups is 1. The molecule has 1 aromatic carbocycles. The lowest BCUT2D eigenvalue weighted by atomic mass is 10.2. The van der Waals surface area contributed by atoms with E-state index in [1.54, 1.807) is 24.3 Å². The predicted molar refractivity (Wildman–Crippen MR) is 79.1 cm³/mol. The molecule has 0 aliphatic carbocycles. The average Bonchev–Trinajstić information content (AvgIpc) is 2.89. The van der Waals surface area contributed by atoms with Crippen LogP contribution in [0.2, 0.25) is 0 Å². The first-order valence-electron chi connectivity index (χ1n) is 6.55. The van der Waals surface area contributed by atoms with Crippen LogP contribution < -0.4 is 10.9 Å². The van der Waals surface area contributed by atoms with Crippen molar-refractivity contribution in [1.29, 1.82) is 0 Å². The highest BCUT2D eigenvalue weighted by Crippen LogP contribution is 2.12. The normalized spacial score (nSPS) is 10.7. The molecule has 0 unspecified atom stereocenters. The minimum absolute atomic E-state index is 0.0182. The summed E-state index contributed by atoms with van der Waals surface area (Å²) >= 11 is 0. The van der Waals surface area contributed by atoms with Gasteiger partial charge in [0, 0.05) is 31.4 Å². The first kappa shape index (κ1) is 13.2. The highest BCUT2D eigenvalue weighted by atomic mass is 16.4. The van der Waals surface area contributed by atoms with Crippen LogP contribution in [-0.2, 0) is 13.6 Å². The predicted octanol–water partition coefficient (Wildman–Crippen LogP) is 2.06. The Hall–Kier alpha value is -2.82. The fourth-order valence-electron chi connectivity index (χ4n) is 2.16. The maximum Gasteiger partial charge on any atom is 0.349 e. The smallest absolute Gasteiger partial charge is 0.349 e. The molecule has 1 amide bonds. The van der Waals surface area contributed by atoms with Gasteiger partial charge in [0.2, 0.25) is 0 Å². The largest absolute Gasteiger partial charge is 0.422 e. The van der Waals surface area contributed by atoms with Gasteiger partial charge in [0.25, 0.3) is 5.91 Å². The highest BCUT2D eigenvalue weighted by Gasteiger charge is 2.13. The second-order valence-corrected chi connectivity index (χ2v) is 4.85. The zero-order chi connectivity index (χ0) is 14.8. The highest BCUT2D eigenvalue weighted by molar-refractivity contribution is 5.96. The van der Waals surface area contributed by atoms with Crippen molar-refractivity contribution in [2.45, 2.75) is 6.54 Å². The Kier molecular flexibility index (Phi) is 3.31. The summed E-state index contributed by atoms with van der Waals surface area (Å²) in [5, 5.41) is 3.45. The zero-order valence-corrected chi connectivity index (χ0v) is 11.5. The molecule has 2 aromatic heterocycles. The van der Waals surface area contributed by atoms with Crippen molar-refractivity contribution in [2.75, 3.05) is 0 Å². The fraction of sp³-hybridized carbons (Fsp3) is 0.125. The van der Waals surface area contributed by atoms with Crippen molar-refractivity contribution in [2.24, 2.45) is 7.05 Å². The summed E-state index contributed by atoms with van der Waals surface area (Å²) in [6.45, 7) is 0.367. The van der Waals surface area contributed by atoms with Gasteiger partial charge in [-0.2, -0.15) is 0 Å². The van der Waals surface area contributed by atoms with Gasteiger partial charge in [-0.1, -0.05) is 18.2 Å². The third-order valence-electron chi connectivity index (χ3n) is 3.23. The summed E-state index contributed by atoms with van der Waals surface area (Å²) in [5.74, 6) is -0.432. The lowest BCUT2D eigenvalue weighted by molar-refractivity contribution is 0.0947. The summed E-state index contributed by atoms with van der Waals surface area (Å²) in [5.41, 5.74) is 0.835. The van der Waals surface area contributed by atoms with Gasteiger partial charge >= 0.3 is 5.63 Å². The van der Waals surface area contributed by atoms with Crippen LogP contribution in [0.5, 0.6) is 0 Å². The van der Waals surface area contributed by atoms with Crippen LogP contribution in [0.25, 0.3) is 11.0 Å². The second kappa shape index (κ2) is 5.28. The Morgan fingerprint density at radius 2 is 2.10 bits per heavy atom. The van der Waals surface area contributed by atoms with Crippen molar-refractivity contribution in [3.63, 3.8) is 0 Å². The number of para-hydroxylation sites is 1. The molecule has 1 N–H and O–H groups in total. The topological polar surface area (TPSA) is 64.2 Å². The molecule has 21 heavy (non-hydrogen) atoms. The standard InChI is InChI=1S/C16H14N2O3/c1-18-7-6-11(10-18)9-17-15(19)13-8-12-4-2-3-5-14(12)21-16(13)20/h2-8,10H,9H2,1H3,(H,17,19). The van der Waals surface area contributed by atoms with E-state index in [0.717, 1.165) is 10.9 Å². The van der Waals surface area contributed by atoms with Crippen LogP contribution in [0, 0.1) is 0 Å². The van der Waals surface area contributed by atoms with E-state index in [1.807, 2.05) is 36.1 Å². The van der Waals surface area contributed by atoms with Crippen molar-refractivity contribution >= 4 is 16.9 Å². The van der Waals surface area contributed by atoms with E-state index in [2.05, 4.69) is 5.32 Å². The first-order valence-corrected chi connectivity index (χ1v) is 6.55. The van der Waals surface area contributed by atoms with Gasteiger partial charge in [0.1, 0.15) is 11.1 Å². The SMILES string of the molecule is Cn1ccc(CNC(=O)c2cc3ccccc3oc2=O)c1. The second-order valence-electron chi connectivity index (χ2n) is 4.85. The molecule has 0 aliphatic rings. The molecular formula is C16H14N2O3. The van der Waals surface area contributed by atoms with Crippen molar-refractivity contribution in [3.05, 3.63) is 70.3 Å². The number of amides is 1. The van der Waals surface area contributed by atoms with Crippen LogP contribution in [0.3, 0.4) is 0 Å². The average molecular weight is 282 g/mol. The van der Waals surface area contributed by atoms with Crippen molar-refractivity contribution in [1.82, 2.24) is 9.88 Å². The number of benzene rings is 1. The van der Waals surface area contributed by atoms with E-state index in [-0.39, 0.29) is 5.56 Å². The lowest BCUT2D eigenvalue weighted by Gasteiger charge is -2.04.